The summed E-state index contributed by atoms with van der Waals surface area (Å²) in [5.41, 5.74) is 6.71. The zero-order valence-electron chi connectivity index (χ0n) is 24.4. The Bertz CT molecular complexity index is 1590. The van der Waals surface area contributed by atoms with Crippen LogP contribution in [0.3, 0.4) is 0 Å². The molecule has 0 bridgehead atoms. The van der Waals surface area contributed by atoms with Gasteiger partial charge in [-0.25, -0.2) is 0 Å². The quantitative estimate of drug-likeness (QED) is 0.220. The third-order valence-electron chi connectivity index (χ3n) is 8.81. The Kier molecular flexibility index (Phi) is 8.94. The molecule has 5 nitrogen and oxygen atoms in total. The summed E-state index contributed by atoms with van der Waals surface area (Å²) in [6, 6.07) is 27.9. The van der Waals surface area contributed by atoms with Gasteiger partial charge >= 0.3 is 0 Å². The molecule has 2 N–H and O–H groups in total. The summed E-state index contributed by atoms with van der Waals surface area (Å²) in [6.07, 6.45) is 4.40. The highest BCUT2D eigenvalue weighted by Gasteiger charge is 2.30. The third kappa shape index (κ3) is 6.54. The molecule has 1 atom stereocenters. The SMILES string of the molecule is Cc1ccc(-c2ccc(O)c(C(c3cccc(C(=O)NC4CCCC4)c3)N3CCN(c4cccc(Cl)c4Cl)CC3)c2)cc1. The van der Waals surface area contributed by atoms with E-state index >= 15 is 0 Å². The number of anilines is 1. The van der Waals surface area contributed by atoms with Crippen molar-refractivity contribution < 1.29 is 9.90 Å². The summed E-state index contributed by atoms with van der Waals surface area (Å²) in [5.74, 6) is 0.201. The van der Waals surface area contributed by atoms with Crippen molar-refractivity contribution in [3.05, 3.63) is 117 Å². The normalized spacial score (nSPS) is 16.8. The lowest BCUT2D eigenvalue weighted by atomic mass is 9.91. The van der Waals surface area contributed by atoms with Crippen LogP contribution in [-0.4, -0.2) is 48.1 Å². The Balaban J connectivity index is 1.35. The van der Waals surface area contributed by atoms with Gasteiger partial charge in [0.25, 0.3) is 5.91 Å². The number of carbonyl (C=O) groups excluding carboxylic acids is 1. The number of rotatable bonds is 7. The van der Waals surface area contributed by atoms with Crippen LogP contribution in [0, 0.1) is 6.92 Å². The lowest BCUT2D eigenvalue weighted by Gasteiger charge is -2.41. The number of phenols is 1. The van der Waals surface area contributed by atoms with Gasteiger partial charge in [-0.3, -0.25) is 9.69 Å². The van der Waals surface area contributed by atoms with Crippen molar-refractivity contribution in [1.82, 2.24) is 10.2 Å². The minimum absolute atomic E-state index is 0.0365. The summed E-state index contributed by atoms with van der Waals surface area (Å²) < 4.78 is 0. The van der Waals surface area contributed by atoms with Gasteiger partial charge in [0.05, 0.1) is 21.8 Å². The van der Waals surface area contributed by atoms with E-state index in [4.69, 9.17) is 23.2 Å². The highest BCUT2D eigenvalue weighted by atomic mass is 35.5. The summed E-state index contributed by atoms with van der Waals surface area (Å²) in [5, 5.41) is 15.6. The van der Waals surface area contributed by atoms with Crippen molar-refractivity contribution in [3.8, 4) is 16.9 Å². The first-order chi connectivity index (χ1) is 20.9. The van der Waals surface area contributed by atoms with Crippen LogP contribution >= 0.6 is 23.2 Å². The first-order valence-corrected chi connectivity index (χ1v) is 15.9. The standard InChI is InChI=1S/C36H37Cl2N3O2/c1-24-12-14-25(15-13-24)26-16-17-33(42)30(23-26)35(27-6-4-7-28(22-27)36(43)39-29-8-2-3-9-29)41-20-18-40(19-21-41)32-11-5-10-31(37)34(32)38/h4-7,10-17,22-23,29,35,42H,2-3,8-9,18-21H2,1H3,(H,39,43). The molecule has 1 aliphatic heterocycles. The van der Waals surface area contributed by atoms with Crippen LogP contribution in [0.25, 0.3) is 11.1 Å². The maximum Gasteiger partial charge on any atom is 0.251 e. The van der Waals surface area contributed by atoms with Crippen LogP contribution in [0.15, 0.2) is 84.9 Å². The monoisotopic (exact) mass is 613 g/mol. The smallest absolute Gasteiger partial charge is 0.251 e. The number of nitrogens with zero attached hydrogens (tertiary/aromatic N) is 2. The molecule has 0 spiro atoms. The van der Waals surface area contributed by atoms with Crippen molar-refractivity contribution in [2.45, 2.75) is 44.7 Å². The molecule has 4 aromatic carbocycles. The Morgan fingerprint density at radius 2 is 1.56 bits per heavy atom. The molecule has 0 aromatic heterocycles. The van der Waals surface area contributed by atoms with Gasteiger partial charge < -0.3 is 15.3 Å². The molecule has 2 fully saturated rings. The predicted octanol–water partition coefficient (Wildman–Crippen LogP) is 8.26. The molecule has 222 valence electrons. The van der Waals surface area contributed by atoms with Gasteiger partial charge in [0.2, 0.25) is 0 Å². The fourth-order valence-electron chi connectivity index (χ4n) is 6.43. The topological polar surface area (TPSA) is 55.8 Å². The van der Waals surface area contributed by atoms with E-state index in [1.165, 1.54) is 5.56 Å². The third-order valence-corrected chi connectivity index (χ3v) is 9.62. The second-order valence-electron chi connectivity index (χ2n) is 11.7. The van der Waals surface area contributed by atoms with Crippen LogP contribution in [0.1, 0.15) is 58.8 Å². The Morgan fingerprint density at radius 1 is 0.860 bits per heavy atom. The Hall–Kier alpha value is -3.51. The van der Waals surface area contributed by atoms with Crippen LogP contribution < -0.4 is 10.2 Å². The van der Waals surface area contributed by atoms with E-state index in [1.807, 2.05) is 36.4 Å². The van der Waals surface area contributed by atoms with Gasteiger partial charge in [-0.2, -0.15) is 0 Å². The number of nitrogens with one attached hydrogen (secondary N) is 1. The van der Waals surface area contributed by atoms with E-state index in [0.717, 1.165) is 79.8 Å². The van der Waals surface area contributed by atoms with E-state index in [9.17, 15) is 9.90 Å². The molecule has 6 rings (SSSR count). The van der Waals surface area contributed by atoms with Gasteiger partial charge in [0, 0.05) is 43.3 Å². The highest BCUT2D eigenvalue weighted by molar-refractivity contribution is 6.43. The molecular weight excluding hydrogens is 577 g/mol. The van der Waals surface area contributed by atoms with Gasteiger partial charge in [-0.05, 0) is 72.9 Å². The molecule has 1 amide bonds. The molecule has 0 radical (unpaired) electrons. The summed E-state index contributed by atoms with van der Waals surface area (Å²) >= 11 is 12.9. The van der Waals surface area contributed by atoms with Crippen molar-refractivity contribution in [2.75, 3.05) is 31.1 Å². The number of piperazine rings is 1. The molecule has 7 heteroatoms. The number of hydrogen-bond acceptors (Lipinski definition) is 4. The molecular formula is C36H37Cl2N3O2. The van der Waals surface area contributed by atoms with E-state index in [0.29, 0.717) is 15.6 Å². The first kappa shape index (κ1) is 29.6. The minimum atomic E-state index is -0.249. The second kappa shape index (κ2) is 13.0. The zero-order chi connectivity index (χ0) is 29.9. The average molecular weight is 615 g/mol. The van der Waals surface area contributed by atoms with Crippen LogP contribution in [0.5, 0.6) is 5.75 Å². The number of benzene rings is 4. The zero-order valence-corrected chi connectivity index (χ0v) is 25.9. The average Bonchev–Trinajstić information content (AvgIpc) is 3.54. The summed E-state index contributed by atoms with van der Waals surface area (Å²) in [4.78, 5) is 17.9. The number of hydrogen-bond donors (Lipinski definition) is 2. The highest BCUT2D eigenvalue weighted by Crippen LogP contribution is 2.39. The van der Waals surface area contributed by atoms with E-state index in [-0.39, 0.29) is 23.7 Å². The van der Waals surface area contributed by atoms with E-state index < -0.39 is 0 Å². The number of carbonyl (C=O) groups is 1. The van der Waals surface area contributed by atoms with Gasteiger partial charge in [0.15, 0.2) is 0 Å². The number of halogens is 2. The number of aryl methyl sites for hydroxylation is 1. The van der Waals surface area contributed by atoms with Gasteiger partial charge in [-0.15, -0.1) is 0 Å². The van der Waals surface area contributed by atoms with Crippen LogP contribution in [0.2, 0.25) is 10.0 Å². The van der Waals surface area contributed by atoms with Gasteiger partial charge in [0.1, 0.15) is 5.75 Å². The predicted molar refractivity (Wildman–Crippen MR) is 177 cm³/mol. The van der Waals surface area contributed by atoms with E-state index in [1.54, 1.807) is 12.1 Å². The maximum absolute atomic E-state index is 13.3. The Labute approximate surface area is 264 Å². The molecule has 1 saturated heterocycles. The van der Waals surface area contributed by atoms with E-state index in [2.05, 4.69) is 58.4 Å². The molecule has 1 aliphatic carbocycles. The lowest BCUT2D eigenvalue weighted by Crippen LogP contribution is -2.48. The first-order valence-electron chi connectivity index (χ1n) is 15.1. The van der Waals surface area contributed by atoms with Crippen molar-refractivity contribution in [1.29, 1.82) is 0 Å². The minimum Gasteiger partial charge on any atom is -0.508 e. The largest absolute Gasteiger partial charge is 0.508 e. The summed E-state index contributed by atoms with van der Waals surface area (Å²) in [6.45, 7) is 5.04. The van der Waals surface area contributed by atoms with Crippen molar-refractivity contribution in [2.24, 2.45) is 0 Å². The lowest BCUT2D eigenvalue weighted by molar-refractivity contribution is 0.0937. The van der Waals surface area contributed by atoms with Crippen LogP contribution in [0.4, 0.5) is 5.69 Å². The molecule has 1 heterocycles. The van der Waals surface area contributed by atoms with Crippen LogP contribution in [-0.2, 0) is 0 Å². The fraction of sp³-hybridized carbons (Fsp3) is 0.306. The molecule has 1 saturated carbocycles. The molecule has 1 unspecified atom stereocenters. The number of aromatic hydroxyl groups is 1. The number of phenolic OH excluding ortho intramolecular Hbond substituents is 1. The number of amides is 1. The van der Waals surface area contributed by atoms with Crippen molar-refractivity contribution in [3.63, 3.8) is 0 Å². The fourth-order valence-corrected chi connectivity index (χ4v) is 6.85. The second-order valence-corrected chi connectivity index (χ2v) is 12.5. The maximum atomic E-state index is 13.3. The summed E-state index contributed by atoms with van der Waals surface area (Å²) in [7, 11) is 0. The Morgan fingerprint density at radius 3 is 2.30 bits per heavy atom. The van der Waals surface area contributed by atoms with Gasteiger partial charge in [-0.1, -0.05) is 90.1 Å². The molecule has 43 heavy (non-hydrogen) atoms. The molecule has 4 aromatic rings. The molecule has 2 aliphatic rings. The van der Waals surface area contributed by atoms with Crippen molar-refractivity contribution >= 4 is 34.8 Å².